The number of hydrogen-bond donors (Lipinski definition) is 2. The second-order valence-electron chi connectivity index (χ2n) is 4.91. The van der Waals surface area contributed by atoms with E-state index in [4.69, 9.17) is 4.42 Å². The average Bonchev–Trinajstić information content (AvgIpc) is 3.19. The largest absolute Gasteiger partial charge is 0.459 e. The molecule has 0 fully saturated rings. The third-order valence-electron chi connectivity index (χ3n) is 2.99. The molecule has 0 spiro atoms. The molecule has 0 aliphatic heterocycles. The van der Waals surface area contributed by atoms with E-state index in [1.54, 1.807) is 10.6 Å². The molecule has 0 saturated heterocycles. The fraction of sp³-hybridized carbons (Fsp3) is 0.214. The topological polar surface area (TPSA) is 114 Å². The van der Waals surface area contributed by atoms with Crippen LogP contribution in [-0.2, 0) is 4.79 Å². The summed E-state index contributed by atoms with van der Waals surface area (Å²) in [5.41, 5.74) is 6.32. The summed E-state index contributed by atoms with van der Waals surface area (Å²) in [5, 5.41) is 4.72. The first-order chi connectivity index (χ1) is 11.5. The van der Waals surface area contributed by atoms with Crippen LogP contribution in [0.1, 0.15) is 21.9 Å². The molecule has 24 heavy (non-hydrogen) atoms. The first kappa shape index (κ1) is 16.0. The van der Waals surface area contributed by atoms with Crippen LogP contribution in [0.5, 0.6) is 0 Å². The van der Waals surface area contributed by atoms with Crippen LogP contribution in [-0.4, -0.2) is 37.1 Å². The standard InChI is InChI=1S/C14H14N6O3S/c1-8-6-9(2)20-13(15-8)16-14(19-20)24-7-11(21)17-18-12(22)10-4-3-5-23-10/h3-6H,7H2,1-2H3,(H,17,21)(H,18,22). The molecular formula is C14H14N6O3S. The van der Waals surface area contributed by atoms with Crippen LogP contribution >= 0.6 is 11.8 Å². The second kappa shape index (κ2) is 6.71. The Morgan fingerprint density at radius 3 is 2.88 bits per heavy atom. The zero-order valence-electron chi connectivity index (χ0n) is 12.9. The summed E-state index contributed by atoms with van der Waals surface area (Å²) in [4.78, 5) is 31.9. The van der Waals surface area contributed by atoms with Crippen molar-refractivity contribution >= 4 is 29.4 Å². The number of amides is 2. The summed E-state index contributed by atoms with van der Waals surface area (Å²) >= 11 is 1.15. The van der Waals surface area contributed by atoms with E-state index < -0.39 is 5.91 Å². The summed E-state index contributed by atoms with van der Waals surface area (Å²) < 4.78 is 6.53. The molecule has 0 saturated carbocycles. The zero-order valence-corrected chi connectivity index (χ0v) is 13.8. The number of fused-ring (bicyclic) bond motifs is 1. The van der Waals surface area contributed by atoms with Gasteiger partial charge < -0.3 is 4.42 Å². The highest BCUT2D eigenvalue weighted by Gasteiger charge is 2.12. The predicted octanol–water partition coefficient (Wildman–Crippen LogP) is 0.887. The van der Waals surface area contributed by atoms with Gasteiger partial charge in [0.2, 0.25) is 11.1 Å². The molecule has 0 aliphatic rings. The minimum Gasteiger partial charge on any atom is -0.459 e. The molecule has 0 unspecified atom stereocenters. The lowest BCUT2D eigenvalue weighted by atomic mass is 10.4. The van der Waals surface area contributed by atoms with Crippen molar-refractivity contribution in [2.45, 2.75) is 19.0 Å². The van der Waals surface area contributed by atoms with Gasteiger partial charge in [-0.05, 0) is 32.0 Å². The molecule has 3 aromatic heterocycles. The van der Waals surface area contributed by atoms with Gasteiger partial charge in [-0.15, -0.1) is 5.10 Å². The minimum absolute atomic E-state index is 0.0490. The van der Waals surface area contributed by atoms with E-state index >= 15 is 0 Å². The van der Waals surface area contributed by atoms with Gasteiger partial charge in [-0.3, -0.25) is 20.4 Å². The van der Waals surface area contributed by atoms with Gasteiger partial charge in [0.1, 0.15) is 0 Å². The third-order valence-corrected chi connectivity index (χ3v) is 3.83. The predicted molar refractivity (Wildman–Crippen MR) is 85.3 cm³/mol. The number of rotatable bonds is 4. The van der Waals surface area contributed by atoms with Crippen molar-refractivity contribution in [2.24, 2.45) is 0 Å². The summed E-state index contributed by atoms with van der Waals surface area (Å²) in [7, 11) is 0. The van der Waals surface area contributed by atoms with E-state index in [2.05, 4.69) is 25.9 Å². The molecule has 10 heteroatoms. The monoisotopic (exact) mass is 346 g/mol. The molecular weight excluding hydrogens is 332 g/mol. The highest BCUT2D eigenvalue weighted by Crippen LogP contribution is 2.14. The molecule has 0 aliphatic carbocycles. The Hall–Kier alpha value is -2.88. The average molecular weight is 346 g/mol. The highest BCUT2D eigenvalue weighted by atomic mass is 32.2. The van der Waals surface area contributed by atoms with Crippen molar-refractivity contribution in [2.75, 3.05) is 5.75 Å². The first-order valence-corrected chi connectivity index (χ1v) is 7.98. The number of aryl methyl sites for hydroxylation is 2. The fourth-order valence-electron chi connectivity index (χ4n) is 1.97. The summed E-state index contributed by atoms with van der Waals surface area (Å²) in [6.45, 7) is 3.78. The van der Waals surface area contributed by atoms with E-state index in [0.29, 0.717) is 10.9 Å². The fourth-order valence-corrected chi connectivity index (χ4v) is 2.59. The van der Waals surface area contributed by atoms with Crippen molar-refractivity contribution < 1.29 is 14.0 Å². The lowest BCUT2D eigenvalue weighted by Crippen LogP contribution is -2.42. The third kappa shape index (κ3) is 3.54. The van der Waals surface area contributed by atoms with Gasteiger partial charge in [-0.25, -0.2) is 9.50 Å². The number of thioether (sulfide) groups is 1. The molecule has 2 N–H and O–H groups in total. The number of nitrogens with zero attached hydrogens (tertiary/aromatic N) is 4. The summed E-state index contributed by atoms with van der Waals surface area (Å²) in [6, 6.07) is 4.97. The van der Waals surface area contributed by atoms with Crippen LogP contribution in [0.2, 0.25) is 0 Å². The SMILES string of the molecule is Cc1cc(C)n2nc(SCC(=O)NNC(=O)c3ccco3)nc2n1. The van der Waals surface area contributed by atoms with E-state index in [1.165, 1.54) is 12.3 Å². The van der Waals surface area contributed by atoms with Crippen LogP contribution in [0, 0.1) is 13.8 Å². The number of hydrazine groups is 1. The maximum Gasteiger partial charge on any atom is 0.305 e. The Kier molecular flexibility index (Phi) is 4.47. The number of nitrogens with one attached hydrogen (secondary N) is 2. The molecule has 3 heterocycles. The normalized spacial score (nSPS) is 10.8. The summed E-state index contributed by atoms with van der Waals surface area (Å²) in [6.07, 6.45) is 1.37. The van der Waals surface area contributed by atoms with E-state index in [1.807, 2.05) is 19.9 Å². The number of carbonyl (C=O) groups excluding carboxylic acids is 2. The minimum atomic E-state index is -0.528. The van der Waals surface area contributed by atoms with Crippen LogP contribution in [0.25, 0.3) is 5.78 Å². The molecule has 0 atom stereocenters. The van der Waals surface area contributed by atoms with Crippen LogP contribution < -0.4 is 10.9 Å². The van der Waals surface area contributed by atoms with E-state index in [0.717, 1.165) is 23.1 Å². The van der Waals surface area contributed by atoms with Crippen molar-refractivity contribution in [1.82, 2.24) is 30.4 Å². The molecule has 0 aromatic carbocycles. The Bertz CT molecular complexity index is 889. The molecule has 2 amide bonds. The first-order valence-electron chi connectivity index (χ1n) is 6.99. The van der Waals surface area contributed by atoms with E-state index in [9.17, 15) is 9.59 Å². The highest BCUT2D eigenvalue weighted by molar-refractivity contribution is 7.99. The van der Waals surface area contributed by atoms with Crippen molar-refractivity contribution in [3.8, 4) is 0 Å². The number of furan rings is 1. The molecule has 124 valence electrons. The second-order valence-corrected chi connectivity index (χ2v) is 5.86. The Morgan fingerprint density at radius 1 is 1.29 bits per heavy atom. The van der Waals surface area contributed by atoms with Crippen LogP contribution in [0.15, 0.2) is 34.0 Å². The van der Waals surface area contributed by atoms with Crippen molar-refractivity contribution in [1.29, 1.82) is 0 Å². The van der Waals surface area contributed by atoms with E-state index in [-0.39, 0.29) is 17.4 Å². The van der Waals surface area contributed by atoms with Gasteiger partial charge in [-0.1, -0.05) is 11.8 Å². The lowest BCUT2D eigenvalue weighted by Gasteiger charge is -2.04. The summed E-state index contributed by atoms with van der Waals surface area (Å²) in [5.74, 6) is -0.268. The molecule has 3 aromatic rings. The van der Waals surface area contributed by atoms with Gasteiger partial charge in [0, 0.05) is 11.4 Å². The molecule has 3 rings (SSSR count). The smallest absolute Gasteiger partial charge is 0.305 e. The maximum atomic E-state index is 11.8. The Balaban J connectivity index is 1.54. The number of hydrogen-bond acceptors (Lipinski definition) is 7. The van der Waals surface area contributed by atoms with Gasteiger partial charge in [0.05, 0.1) is 12.0 Å². The van der Waals surface area contributed by atoms with Gasteiger partial charge in [0.25, 0.3) is 5.78 Å². The number of carbonyl (C=O) groups is 2. The quantitative estimate of drug-likeness (QED) is 0.532. The number of aromatic nitrogens is 4. The van der Waals surface area contributed by atoms with Gasteiger partial charge >= 0.3 is 5.91 Å². The molecule has 9 nitrogen and oxygen atoms in total. The Labute approximate surface area is 140 Å². The van der Waals surface area contributed by atoms with Crippen molar-refractivity contribution in [3.05, 3.63) is 41.6 Å². The van der Waals surface area contributed by atoms with Crippen LogP contribution in [0.3, 0.4) is 0 Å². The lowest BCUT2D eigenvalue weighted by molar-refractivity contribution is -0.119. The molecule has 0 radical (unpaired) electrons. The van der Waals surface area contributed by atoms with Gasteiger partial charge in [-0.2, -0.15) is 4.98 Å². The van der Waals surface area contributed by atoms with Gasteiger partial charge in [0.15, 0.2) is 5.76 Å². The van der Waals surface area contributed by atoms with Crippen molar-refractivity contribution in [3.63, 3.8) is 0 Å². The van der Waals surface area contributed by atoms with Crippen LogP contribution in [0.4, 0.5) is 0 Å². The molecule has 0 bridgehead atoms. The zero-order chi connectivity index (χ0) is 17.1. The Morgan fingerprint density at radius 2 is 2.12 bits per heavy atom. The maximum absolute atomic E-state index is 11.8.